The van der Waals surface area contributed by atoms with Crippen molar-refractivity contribution in [1.29, 1.82) is 0 Å². The van der Waals surface area contributed by atoms with Gasteiger partial charge in [0.2, 0.25) is 0 Å². The van der Waals surface area contributed by atoms with E-state index in [2.05, 4.69) is 9.97 Å². The SMILES string of the molecule is COc1ccc(F)c(-c2nc(C)c(C)[nH]2)c1O. The molecule has 4 nitrogen and oxygen atoms in total. The topological polar surface area (TPSA) is 58.1 Å². The molecule has 17 heavy (non-hydrogen) atoms. The molecule has 1 aromatic heterocycles. The van der Waals surface area contributed by atoms with Crippen molar-refractivity contribution in [2.75, 3.05) is 7.11 Å². The summed E-state index contributed by atoms with van der Waals surface area (Å²) >= 11 is 0. The average molecular weight is 236 g/mol. The Kier molecular flexibility index (Phi) is 2.75. The first kappa shape index (κ1) is 11.4. The van der Waals surface area contributed by atoms with Crippen molar-refractivity contribution in [1.82, 2.24) is 9.97 Å². The number of benzene rings is 1. The fraction of sp³-hybridized carbons (Fsp3) is 0.250. The number of imidazole rings is 1. The summed E-state index contributed by atoms with van der Waals surface area (Å²) in [5.41, 5.74) is 1.63. The largest absolute Gasteiger partial charge is 0.504 e. The minimum Gasteiger partial charge on any atom is -0.504 e. The Hall–Kier alpha value is -2.04. The summed E-state index contributed by atoms with van der Waals surface area (Å²) < 4.78 is 18.7. The number of aromatic nitrogens is 2. The molecule has 0 aliphatic rings. The van der Waals surface area contributed by atoms with Crippen molar-refractivity contribution >= 4 is 0 Å². The van der Waals surface area contributed by atoms with Gasteiger partial charge in [-0.25, -0.2) is 9.37 Å². The van der Waals surface area contributed by atoms with E-state index in [1.54, 1.807) is 0 Å². The van der Waals surface area contributed by atoms with Gasteiger partial charge < -0.3 is 14.8 Å². The molecule has 0 spiro atoms. The van der Waals surface area contributed by atoms with Crippen LogP contribution in [0.5, 0.6) is 11.5 Å². The molecule has 2 aromatic rings. The number of aromatic amines is 1. The third kappa shape index (κ3) is 1.84. The number of aromatic hydroxyl groups is 1. The molecule has 0 saturated heterocycles. The van der Waals surface area contributed by atoms with E-state index in [4.69, 9.17) is 4.74 Å². The minimum absolute atomic E-state index is 0.0283. The quantitative estimate of drug-likeness (QED) is 0.842. The van der Waals surface area contributed by atoms with Crippen molar-refractivity contribution in [3.05, 3.63) is 29.3 Å². The van der Waals surface area contributed by atoms with Crippen LogP contribution in [0.2, 0.25) is 0 Å². The molecule has 2 rings (SSSR count). The maximum Gasteiger partial charge on any atom is 0.171 e. The van der Waals surface area contributed by atoms with Gasteiger partial charge >= 0.3 is 0 Å². The number of rotatable bonds is 2. The van der Waals surface area contributed by atoms with Gasteiger partial charge in [0.1, 0.15) is 11.6 Å². The van der Waals surface area contributed by atoms with Crippen LogP contribution in [0.4, 0.5) is 4.39 Å². The zero-order chi connectivity index (χ0) is 12.6. The highest BCUT2D eigenvalue weighted by atomic mass is 19.1. The molecule has 0 radical (unpaired) electrons. The number of methoxy groups -OCH3 is 1. The zero-order valence-electron chi connectivity index (χ0n) is 9.84. The van der Waals surface area contributed by atoms with E-state index >= 15 is 0 Å². The van der Waals surface area contributed by atoms with Crippen LogP contribution in [-0.2, 0) is 0 Å². The van der Waals surface area contributed by atoms with Crippen LogP contribution in [0.3, 0.4) is 0 Å². The Morgan fingerprint density at radius 3 is 2.59 bits per heavy atom. The number of phenolic OH excluding ortho intramolecular Hbond substituents is 1. The van der Waals surface area contributed by atoms with E-state index in [0.717, 1.165) is 11.4 Å². The van der Waals surface area contributed by atoms with Crippen LogP contribution in [0, 0.1) is 19.7 Å². The van der Waals surface area contributed by atoms with Crippen LogP contribution >= 0.6 is 0 Å². The highest BCUT2D eigenvalue weighted by Crippen LogP contribution is 2.37. The predicted octanol–water partition coefficient (Wildman–Crippen LogP) is 2.55. The van der Waals surface area contributed by atoms with Gasteiger partial charge in [0.05, 0.1) is 18.4 Å². The Morgan fingerprint density at radius 2 is 2.06 bits per heavy atom. The fourth-order valence-corrected chi connectivity index (χ4v) is 1.60. The second kappa shape index (κ2) is 4.08. The van der Waals surface area contributed by atoms with Gasteiger partial charge in [-0.1, -0.05) is 0 Å². The summed E-state index contributed by atoms with van der Waals surface area (Å²) in [6.45, 7) is 3.64. The average Bonchev–Trinajstić information content (AvgIpc) is 2.59. The number of halogens is 1. The van der Waals surface area contributed by atoms with Crippen LogP contribution < -0.4 is 4.74 Å². The lowest BCUT2D eigenvalue weighted by atomic mass is 10.1. The van der Waals surface area contributed by atoms with Crippen molar-refractivity contribution < 1.29 is 14.2 Å². The molecular weight excluding hydrogens is 223 g/mol. The number of H-pyrrole nitrogens is 1. The fourth-order valence-electron chi connectivity index (χ4n) is 1.60. The van der Waals surface area contributed by atoms with E-state index in [1.165, 1.54) is 19.2 Å². The van der Waals surface area contributed by atoms with Gasteiger partial charge in [0.15, 0.2) is 11.5 Å². The molecule has 0 aliphatic carbocycles. The molecule has 0 saturated carbocycles. The Bertz CT molecular complexity index is 544. The lowest BCUT2D eigenvalue weighted by molar-refractivity contribution is 0.372. The molecule has 90 valence electrons. The smallest absolute Gasteiger partial charge is 0.171 e. The van der Waals surface area contributed by atoms with Crippen LogP contribution in [0.15, 0.2) is 12.1 Å². The molecule has 0 aliphatic heterocycles. The molecule has 1 heterocycles. The molecule has 0 atom stereocenters. The molecule has 1 aromatic carbocycles. The number of phenols is 1. The first-order valence-electron chi connectivity index (χ1n) is 5.13. The maximum atomic E-state index is 13.7. The molecule has 2 N–H and O–H groups in total. The lowest BCUT2D eigenvalue weighted by Gasteiger charge is -2.07. The minimum atomic E-state index is -0.544. The van der Waals surface area contributed by atoms with Crippen LogP contribution in [0.25, 0.3) is 11.4 Å². The normalized spacial score (nSPS) is 10.6. The summed E-state index contributed by atoms with van der Waals surface area (Å²) in [7, 11) is 1.41. The monoisotopic (exact) mass is 236 g/mol. The van der Waals surface area contributed by atoms with Crippen molar-refractivity contribution in [2.45, 2.75) is 13.8 Å². The molecule has 5 heteroatoms. The molecule has 0 fully saturated rings. The Balaban J connectivity index is 2.65. The first-order chi connectivity index (χ1) is 8.04. The van der Waals surface area contributed by atoms with E-state index in [9.17, 15) is 9.50 Å². The van der Waals surface area contributed by atoms with Gasteiger partial charge in [-0.15, -0.1) is 0 Å². The van der Waals surface area contributed by atoms with Crippen molar-refractivity contribution in [2.24, 2.45) is 0 Å². The predicted molar refractivity (Wildman–Crippen MR) is 61.7 cm³/mol. The number of nitrogens with one attached hydrogen (secondary N) is 1. The Labute approximate surface area is 98.1 Å². The van der Waals surface area contributed by atoms with Crippen molar-refractivity contribution in [3.8, 4) is 22.9 Å². The number of hydrogen-bond acceptors (Lipinski definition) is 3. The first-order valence-corrected chi connectivity index (χ1v) is 5.13. The number of hydrogen-bond donors (Lipinski definition) is 2. The highest BCUT2D eigenvalue weighted by Gasteiger charge is 2.18. The second-order valence-corrected chi connectivity index (χ2v) is 3.77. The third-order valence-corrected chi connectivity index (χ3v) is 2.67. The van der Waals surface area contributed by atoms with E-state index in [0.29, 0.717) is 5.82 Å². The van der Waals surface area contributed by atoms with Crippen LogP contribution in [0.1, 0.15) is 11.4 Å². The summed E-state index contributed by atoms with van der Waals surface area (Å²) in [5.74, 6) is -0.277. The molecule has 0 bridgehead atoms. The van der Waals surface area contributed by atoms with E-state index in [-0.39, 0.29) is 17.1 Å². The number of aryl methyl sites for hydroxylation is 2. The number of nitrogens with zero attached hydrogens (tertiary/aromatic N) is 1. The summed E-state index contributed by atoms with van der Waals surface area (Å²) in [6.07, 6.45) is 0. The molecular formula is C12H13FN2O2. The van der Waals surface area contributed by atoms with Gasteiger partial charge in [-0.3, -0.25) is 0 Å². The Morgan fingerprint density at radius 1 is 1.35 bits per heavy atom. The van der Waals surface area contributed by atoms with E-state index in [1.807, 2.05) is 13.8 Å². The van der Waals surface area contributed by atoms with E-state index < -0.39 is 5.82 Å². The second-order valence-electron chi connectivity index (χ2n) is 3.77. The van der Waals surface area contributed by atoms with Crippen LogP contribution in [-0.4, -0.2) is 22.2 Å². The highest BCUT2D eigenvalue weighted by molar-refractivity contribution is 5.69. The number of ether oxygens (including phenoxy) is 1. The molecule has 0 amide bonds. The van der Waals surface area contributed by atoms with Gasteiger partial charge in [0, 0.05) is 5.69 Å². The zero-order valence-corrected chi connectivity index (χ0v) is 9.84. The van der Waals surface area contributed by atoms with Gasteiger partial charge in [0.25, 0.3) is 0 Å². The summed E-state index contributed by atoms with van der Waals surface area (Å²) in [6, 6.07) is 2.61. The van der Waals surface area contributed by atoms with Gasteiger partial charge in [-0.05, 0) is 26.0 Å². The molecule has 0 unspecified atom stereocenters. The van der Waals surface area contributed by atoms with Gasteiger partial charge in [-0.2, -0.15) is 0 Å². The lowest BCUT2D eigenvalue weighted by Crippen LogP contribution is -1.91. The standard InChI is InChI=1S/C12H13FN2O2/c1-6-7(2)15-12(14-6)10-8(13)4-5-9(17-3)11(10)16/h4-5,16H,1-3H3,(H,14,15). The third-order valence-electron chi connectivity index (χ3n) is 2.67. The van der Waals surface area contributed by atoms with Crippen molar-refractivity contribution in [3.63, 3.8) is 0 Å². The summed E-state index contributed by atoms with van der Waals surface area (Å²) in [5, 5.41) is 9.90. The maximum absolute atomic E-state index is 13.7. The summed E-state index contributed by atoms with van der Waals surface area (Å²) in [4.78, 5) is 7.09.